The van der Waals surface area contributed by atoms with E-state index in [1.54, 1.807) is 24.3 Å². The van der Waals surface area contributed by atoms with Crippen molar-refractivity contribution in [3.05, 3.63) is 50.6 Å². The number of ether oxygens (including phenoxy) is 6. The SMILES string of the molecule is COc1ccc(Cc2nn(C3OC(COC(C)=O)C(OC(C)=O)C(OC(C)=O)C3OC(C)=O)c(=S)n(N)c2=O)cc1. The Labute approximate surface area is 239 Å². The van der Waals surface area contributed by atoms with Gasteiger partial charge in [0.1, 0.15) is 24.2 Å². The molecule has 222 valence electrons. The molecule has 1 aromatic heterocycles. The van der Waals surface area contributed by atoms with Crippen LogP contribution in [0.15, 0.2) is 29.1 Å². The highest BCUT2D eigenvalue weighted by Gasteiger charge is 2.53. The number of nitrogens with two attached hydrogens (primary N) is 1. The number of esters is 4. The minimum Gasteiger partial charge on any atom is -0.497 e. The molecule has 1 saturated heterocycles. The van der Waals surface area contributed by atoms with E-state index in [0.29, 0.717) is 16.0 Å². The molecular formula is C25H30N4O11S. The molecule has 0 bridgehead atoms. The fraction of sp³-hybridized carbons (Fsp3) is 0.480. The van der Waals surface area contributed by atoms with E-state index < -0.39 is 66.7 Å². The predicted octanol–water partition coefficient (Wildman–Crippen LogP) is 0.343. The summed E-state index contributed by atoms with van der Waals surface area (Å²) < 4.78 is 34.0. The second-order valence-electron chi connectivity index (χ2n) is 8.96. The Balaban J connectivity index is 2.17. The van der Waals surface area contributed by atoms with Crippen molar-refractivity contribution in [1.82, 2.24) is 14.5 Å². The third-order valence-corrected chi connectivity index (χ3v) is 6.22. The van der Waals surface area contributed by atoms with Crippen molar-refractivity contribution in [2.24, 2.45) is 0 Å². The number of carbonyl (C=O) groups is 4. The molecule has 2 aromatic rings. The number of rotatable bonds is 9. The Hall–Kier alpha value is -4.31. The van der Waals surface area contributed by atoms with Gasteiger partial charge in [-0.3, -0.25) is 24.0 Å². The molecule has 1 aromatic carbocycles. The standard InChI is InChI=1S/C25H30N4O11S/c1-12(30)36-11-19-20(37-13(2)31)21(38-14(3)32)22(39-15(4)33)24(40-19)29-25(41)28(26)23(34)18(27-29)10-16-6-8-17(35-5)9-7-16/h6-9,19-22,24H,10-11,26H2,1-5H3. The van der Waals surface area contributed by atoms with E-state index in [1.165, 1.54) is 7.11 Å². The zero-order valence-corrected chi connectivity index (χ0v) is 23.7. The topological polar surface area (TPSA) is 190 Å². The van der Waals surface area contributed by atoms with Crippen molar-refractivity contribution in [2.45, 2.75) is 64.8 Å². The van der Waals surface area contributed by atoms with Gasteiger partial charge in [-0.2, -0.15) is 9.77 Å². The van der Waals surface area contributed by atoms with Gasteiger partial charge in [0.05, 0.1) is 7.11 Å². The maximum atomic E-state index is 13.0. The largest absolute Gasteiger partial charge is 0.497 e. The maximum absolute atomic E-state index is 13.0. The molecule has 5 atom stereocenters. The summed E-state index contributed by atoms with van der Waals surface area (Å²) in [6.07, 6.45) is -7.07. The average molecular weight is 595 g/mol. The minimum atomic E-state index is -1.50. The van der Waals surface area contributed by atoms with Crippen molar-refractivity contribution in [3.63, 3.8) is 0 Å². The molecule has 0 saturated carbocycles. The highest BCUT2D eigenvalue weighted by atomic mass is 32.1. The van der Waals surface area contributed by atoms with Gasteiger partial charge in [0.2, 0.25) is 4.77 Å². The van der Waals surface area contributed by atoms with Crippen molar-refractivity contribution in [2.75, 3.05) is 19.6 Å². The number of benzene rings is 1. The highest BCUT2D eigenvalue weighted by molar-refractivity contribution is 7.71. The van der Waals surface area contributed by atoms with Gasteiger partial charge < -0.3 is 34.3 Å². The number of nitrogen functional groups attached to an aromatic ring is 1. The summed E-state index contributed by atoms with van der Waals surface area (Å²) in [6.45, 7) is 3.99. The number of aromatic nitrogens is 3. The summed E-state index contributed by atoms with van der Waals surface area (Å²) in [5.41, 5.74) is -0.0764. The Kier molecular flexibility index (Phi) is 10.2. The van der Waals surface area contributed by atoms with Crippen LogP contribution >= 0.6 is 12.2 Å². The first-order chi connectivity index (χ1) is 19.3. The summed E-state index contributed by atoms with van der Waals surface area (Å²) in [6, 6.07) is 6.85. The third kappa shape index (κ3) is 7.67. The van der Waals surface area contributed by atoms with Gasteiger partial charge in [0.15, 0.2) is 24.5 Å². The Bertz CT molecular complexity index is 1420. The number of carbonyl (C=O) groups excluding carboxylic acids is 4. The molecule has 1 fully saturated rings. The van der Waals surface area contributed by atoms with E-state index in [9.17, 15) is 24.0 Å². The summed E-state index contributed by atoms with van der Waals surface area (Å²) in [5, 5.41) is 4.38. The molecule has 2 heterocycles. The second-order valence-corrected chi connectivity index (χ2v) is 9.33. The molecule has 0 spiro atoms. The van der Waals surface area contributed by atoms with E-state index >= 15 is 0 Å². The van der Waals surface area contributed by atoms with Gasteiger partial charge in [-0.05, 0) is 29.9 Å². The van der Waals surface area contributed by atoms with E-state index in [2.05, 4.69) is 5.10 Å². The van der Waals surface area contributed by atoms with Crippen LogP contribution in [0.4, 0.5) is 0 Å². The number of hydrogen-bond acceptors (Lipinski definition) is 14. The Morgan fingerprint density at radius 3 is 2.02 bits per heavy atom. The van der Waals surface area contributed by atoms with Crippen LogP contribution in [0.5, 0.6) is 5.75 Å². The lowest BCUT2D eigenvalue weighted by Crippen LogP contribution is -2.61. The molecule has 5 unspecified atom stereocenters. The van der Waals surface area contributed by atoms with Gasteiger partial charge in [0, 0.05) is 34.1 Å². The Morgan fingerprint density at radius 1 is 0.927 bits per heavy atom. The van der Waals surface area contributed by atoms with Crippen LogP contribution in [0.2, 0.25) is 0 Å². The molecule has 2 N–H and O–H groups in total. The average Bonchev–Trinajstić information content (AvgIpc) is 2.90. The quantitative estimate of drug-likeness (QED) is 0.181. The number of hydrogen-bond donors (Lipinski definition) is 1. The fourth-order valence-electron chi connectivity index (χ4n) is 4.17. The van der Waals surface area contributed by atoms with E-state index in [1.807, 2.05) is 0 Å². The monoisotopic (exact) mass is 594 g/mol. The van der Waals surface area contributed by atoms with E-state index in [0.717, 1.165) is 32.4 Å². The number of methoxy groups -OCH3 is 1. The highest BCUT2D eigenvalue weighted by Crippen LogP contribution is 2.34. The first kappa shape index (κ1) is 31.2. The van der Waals surface area contributed by atoms with Crippen LogP contribution in [0.25, 0.3) is 0 Å². The van der Waals surface area contributed by atoms with Crippen LogP contribution in [-0.2, 0) is 49.3 Å². The summed E-state index contributed by atoms with van der Waals surface area (Å²) in [7, 11) is 1.52. The van der Waals surface area contributed by atoms with Gasteiger partial charge >= 0.3 is 23.9 Å². The molecule has 16 heteroatoms. The van der Waals surface area contributed by atoms with Gasteiger partial charge in [-0.1, -0.05) is 12.1 Å². The van der Waals surface area contributed by atoms with Gasteiger partial charge in [0.25, 0.3) is 5.56 Å². The first-order valence-corrected chi connectivity index (χ1v) is 12.7. The van der Waals surface area contributed by atoms with Gasteiger partial charge in [-0.25, -0.2) is 4.68 Å². The van der Waals surface area contributed by atoms with Crippen molar-refractivity contribution in [1.29, 1.82) is 0 Å². The van der Waals surface area contributed by atoms with Crippen LogP contribution < -0.4 is 16.1 Å². The summed E-state index contributed by atoms with van der Waals surface area (Å²) >= 11 is 5.38. The summed E-state index contributed by atoms with van der Waals surface area (Å²) in [5.74, 6) is 3.53. The zero-order valence-electron chi connectivity index (χ0n) is 22.9. The normalized spacial score (nSPS) is 21.8. The van der Waals surface area contributed by atoms with Gasteiger partial charge in [-0.15, -0.1) is 0 Å². The second kappa shape index (κ2) is 13.4. The molecule has 0 amide bonds. The lowest BCUT2D eigenvalue weighted by Gasteiger charge is -2.44. The zero-order chi connectivity index (χ0) is 30.4. The first-order valence-electron chi connectivity index (χ1n) is 12.3. The summed E-state index contributed by atoms with van der Waals surface area (Å²) in [4.78, 5) is 60.8. The maximum Gasteiger partial charge on any atom is 0.303 e. The van der Waals surface area contributed by atoms with Crippen molar-refractivity contribution in [3.8, 4) is 5.75 Å². The third-order valence-electron chi connectivity index (χ3n) is 5.83. The molecule has 1 aliphatic heterocycles. The lowest BCUT2D eigenvalue weighted by molar-refractivity contribution is -0.271. The fourth-order valence-corrected chi connectivity index (χ4v) is 4.40. The Morgan fingerprint density at radius 2 is 1.49 bits per heavy atom. The molecular weight excluding hydrogens is 564 g/mol. The van der Waals surface area contributed by atoms with E-state index in [-0.39, 0.29) is 16.9 Å². The molecule has 15 nitrogen and oxygen atoms in total. The smallest absolute Gasteiger partial charge is 0.303 e. The molecule has 0 radical (unpaired) electrons. The molecule has 3 rings (SSSR count). The predicted molar refractivity (Wildman–Crippen MR) is 140 cm³/mol. The van der Waals surface area contributed by atoms with Crippen LogP contribution in [0, 0.1) is 4.77 Å². The van der Waals surface area contributed by atoms with Crippen LogP contribution in [0.3, 0.4) is 0 Å². The van der Waals surface area contributed by atoms with Crippen LogP contribution in [-0.4, -0.2) is 76.5 Å². The lowest BCUT2D eigenvalue weighted by atomic mass is 9.97. The van der Waals surface area contributed by atoms with E-state index in [4.69, 9.17) is 46.5 Å². The number of nitrogens with zero attached hydrogens (tertiary/aromatic N) is 3. The minimum absolute atomic E-state index is 0.0148. The van der Waals surface area contributed by atoms with Crippen LogP contribution in [0.1, 0.15) is 45.2 Å². The van der Waals surface area contributed by atoms with Crippen molar-refractivity contribution < 1.29 is 47.6 Å². The van der Waals surface area contributed by atoms with Crippen molar-refractivity contribution >= 4 is 36.1 Å². The molecule has 41 heavy (non-hydrogen) atoms. The molecule has 0 aliphatic carbocycles. The molecule has 1 aliphatic rings.